The Morgan fingerprint density at radius 1 is 1.16 bits per heavy atom. The van der Waals surface area contributed by atoms with Crippen molar-refractivity contribution in [2.75, 3.05) is 19.6 Å². The topological polar surface area (TPSA) is 76.5 Å². The lowest BCUT2D eigenvalue weighted by Gasteiger charge is -2.39. The molecule has 7 nitrogen and oxygen atoms in total. The minimum absolute atomic E-state index is 0.0708. The summed E-state index contributed by atoms with van der Waals surface area (Å²) >= 11 is 0. The molecule has 3 heterocycles. The SMILES string of the molecule is CCCc1cc(C(=O)N2CCC3(CC[C@H](CNC(=O)C4CCCCC4)O3)CC2)n(C)n1. The average molecular weight is 431 g/mol. The van der Waals surface area contributed by atoms with Gasteiger partial charge in [-0.05, 0) is 51.0 Å². The number of likely N-dealkylation sites (tertiary alicyclic amines) is 1. The van der Waals surface area contributed by atoms with Gasteiger partial charge < -0.3 is 15.0 Å². The van der Waals surface area contributed by atoms with Gasteiger partial charge in [0.15, 0.2) is 0 Å². The Morgan fingerprint density at radius 2 is 1.90 bits per heavy atom. The highest BCUT2D eigenvalue weighted by molar-refractivity contribution is 5.92. The highest BCUT2D eigenvalue weighted by atomic mass is 16.5. The van der Waals surface area contributed by atoms with E-state index >= 15 is 0 Å². The lowest BCUT2D eigenvalue weighted by Crippen LogP contribution is -2.47. The van der Waals surface area contributed by atoms with E-state index in [1.807, 2.05) is 18.0 Å². The highest BCUT2D eigenvalue weighted by Gasteiger charge is 2.43. The summed E-state index contributed by atoms with van der Waals surface area (Å²) in [5, 5.41) is 7.62. The predicted octanol–water partition coefficient (Wildman–Crippen LogP) is 3.22. The molecule has 2 amide bonds. The number of carbonyl (C=O) groups is 2. The molecule has 0 aromatic carbocycles. The number of nitrogens with one attached hydrogen (secondary N) is 1. The summed E-state index contributed by atoms with van der Waals surface area (Å²) in [4.78, 5) is 27.4. The third-order valence-corrected chi connectivity index (χ3v) is 7.44. The van der Waals surface area contributed by atoms with Crippen LogP contribution in [0.5, 0.6) is 0 Å². The molecule has 1 aliphatic carbocycles. The molecule has 0 bridgehead atoms. The molecule has 2 saturated heterocycles. The molecule has 3 fully saturated rings. The molecule has 7 heteroatoms. The van der Waals surface area contributed by atoms with Gasteiger partial charge >= 0.3 is 0 Å². The fourth-order valence-electron chi connectivity index (χ4n) is 5.51. The van der Waals surface area contributed by atoms with Crippen LogP contribution in [0.3, 0.4) is 0 Å². The van der Waals surface area contributed by atoms with E-state index in [0.29, 0.717) is 25.3 Å². The normalized spacial score (nSPS) is 23.9. The summed E-state index contributed by atoms with van der Waals surface area (Å²) in [7, 11) is 1.85. The zero-order valence-electron chi connectivity index (χ0n) is 19.2. The number of aryl methyl sites for hydroxylation is 2. The Labute approximate surface area is 185 Å². The first-order valence-electron chi connectivity index (χ1n) is 12.3. The number of aromatic nitrogens is 2. The van der Waals surface area contributed by atoms with Gasteiger partial charge in [-0.1, -0.05) is 32.6 Å². The van der Waals surface area contributed by atoms with Crippen molar-refractivity contribution in [1.29, 1.82) is 0 Å². The maximum absolute atomic E-state index is 13.0. The smallest absolute Gasteiger partial charge is 0.272 e. The van der Waals surface area contributed by atoms with E-state index in [4.69, 9.17) is 4.74 Å². The second-order valence-electron chi connectivity index (χ2n) is 9.73. The Bertz CT molecular complexity index is 776. The summed E-state index contributed by atoms with van der Waals surface area (Å²) in [6, 6.07) is 1.94. The van der Waals surface area contributed by atoms with Gasteiger partial charge in [0.05, 0.1) is 17.4 Å². The Kier molecular flexibility index (Phi) is 6.99. The van der Waals surface area contributed by atoms with E-state index < -0.39 is 0 Å². The van der Waals surface area contributed by atoms with Crippen LogP contribution in [-0.4, -0.2) is 57.8 Å². The van der Waals surface area contributed by atoms with Crippen molar-refractivity contribution in [2.45, 2.75) is 89.3 Å². The van der Waals surface area contributed by atoms with Gasteiger partial charge in [-0.2, -0.15) is 5.10 Å². The molecule has 1 aromatic rings. The first-order valence-corrected chi connectivity index (χ1v) is 12.3. The first kappa shape index (κ1) is 22.3. The van der Waals surface area contributed by atoms with Crippen molar-refractivity contribution >= 4 is 11.8 Å². The zero-order chi connectivity index (χ0) is 21.8. The monoisotopic (exact) mass is 430 g/mol. The molecule has 0 radical (unpaired) electrons. The molecular formula is C24H38N4O3. The third-order valence-electron chi connectivity index (χ3n) is 7.44. The zero-order valence-corrected chi connectivity index (χ0v) is 19.2. The van der Waals surface area contributed by atoms with E-state index in [0.717, 1.165) is 57.1 Å². The van der Waals surface area contributed by atoms with Crippen LogP contribution in [0.25, 0.3) is 0 Å². The largest absolute Gasteiger partial charge is 0.370 e. The molecule has 1 spiro atoms. The molecule has 1 atom stereocenters. The van der Waals surface area contributed by atoms with E-state index in [-0.39, 0.29) is 29.4 Å². The van der Waals surface area contributed by atoms with Crippen LogP contribution in [0.4, 0.5) is 0 Å². The van der Waals surface area contributed by atoms with Crippen LogP contribution >= 0.6 is 0 Å². The molecular weight excluding hydrogens is 392 g/mol. The average Bonchev–Trinajstić information content (AvgIpc) is 3.36. The number of piperidine rings is 1. The standard InChI is InChI=1S/C24H38N4O3/c1-3-7-19-16-21(27(2)26-19)23(30)28-14-12-24(13-15-28)11-10-20(31-24)17-25-22(29)18-8-5-4-6-9-18/h16,18,20H,3-15,17H2,1-2H3,(H,25,29)/t20-/m1/s1. The molecule has 172 valence electrons. The number of rotatable bonds is 6. The molecule has 4 rings (SSSR count). The van der Waals surface area contributed by atoms with Gasteiger partial charge in [0.2, 0.25) is 5.91 Å². The lowest BCUT2D eigenvalue weighted by atomic mass is 9.88. The Hall–Kier alpha value is -1.89. The minimum Gasteiger partial charge on any atom is -0.370 e. The molecule has 1 saturated carbocycles. The van der Waals surface area contributed by atoms with E-state index in [2.05, 4.69) is 17.3 Å². The van der Waals surface area contributed by atoms with Crippen LogP contribution in [0, 0.1) is 5.92 Å². The molecule has 31 heavy (non-hydrogen) atoms. The highest BCUT2D eigenvalue weighted by Crippen LogP contribution is 2.39. The van der Waals surface area contributed by atoms with Crippen LogP contribution in [0.15, 0.2) is 6.07 Å². The summed E-state index contributed by atoms with van der Waals surface area (Å²) in [6.07, 6.45) is 11.4. The maximum atomic E-state index is 13.0. The molecule has 1 N–H and O–H groups in total. The summed E-state index contributed by atoms with van der Waals surface area (Å²) < 4.78 is 8.17. The van der Waals surface area contributed by atoms with Gasteiger partial charge in [-0.15, -0.1) is 0 Å². The summed E-state index contributed by atoms with van der Waals surface area (Å²) in [5.41, 5.74) is 1.53. The quantitative estimate of drug-likeness (QED) is 0.752. The van der Waals surface area contributed by atoms with Gasteiger partial charge in [-0.3, -0.25) is 14.3 Å². The van der Waals surface area contributed by atoms with Gasteiger partial charge in [-0.25, -0.2) is 0 Å². The van der Waals surface area contributed by atoms with Crippen LogP contribution in [-0.2, 0) is 23.0 Å². The molecule has 2 aliphatic heterocycles. The number of amides is 2. The van der Waals surface area contributed by atoms with Crippen molar-refractivity contribution in [2.24, 2.45) is 13.0 Å². The van der Waals surface area contributed by atoms with Crippen molar-refractivity contribution in [3.05, 3.63) is 17.5 Å². The van der Waals surface area contributed by atoms with Crippen LogP contribution in [0.2, 0.25) is 0 Å². The number of nitrogens with zero attached hydrogens (tertiary/aromatic N) is 3. The number of ether oxygens (including phenoxy) is 1. The van der Waals surface area contributed by atoms with E-state index in [1.54, 1.807) is 4.68 Å². The fourth-order valence-corrected chi connectivity index (χ4v) is 5.51. The Balaban J connectivity index is 1.25. The summed E-state index contributed by atoms with van der Waals surface area (Å²) in [6.45, 7) is 4.17. The second-order valence-corrected chi connectivity index (χ2v) is 9.73. The van der Waals surface area contributed by atoms with E-state index in [1.165, 1.54) is 19.3 Å². The van der Waals surface area contributed by atoms with Gasteiger partial charge in [0, 0.05) is 32.6 Å². The molecule has 3 aliphatic rings. The van der Waals surface area contributed by atoms with Crippen LogP contribution in [0.1, 0.15) is 87.3 Å². The predicted molar refractivity (Wildman–Crippen MR) is 119 cm³/mol. The molecule has 0 unspecified atom stereocenters. The van der Waals surface area contributed by atoms with Crippen molar-refractivity contribution in [3.63, 3.8) is 0 Å². The van der Waals surface area contributed by atoms with Crippen LogP contribution < -0.4 is 5.32 Å². The lowest BCUT2D eigenvalue weighted by molar-refractivity contribution is -0.127. The van der Waals surface area contributed by atoms with Gasteiger partial charge in [0.25, 0.3) is 5.91 Å². The maximum Gasteiger partial charge on any atom is 0.272 e. The van der Waals surface area contributed by atoms with Crippen molar-refractivity contribution < 1.29 is 14.3 Å². The summed E-state index contributed by atoms with van der Waals surface area (Å²) in [5.74, 6) is 0.480. The number of hydrogen-bond donors (Lipinski definition) is 1. The van der Waals surface area contributed by atoms with Crippen molar-refractivity contribution in [3.8, 4) is 0 Å². The minimum atomic E-state index is -0.128. The van der Waals surface area contributed by atoms with E-state index in [9.17, 15) is 9.59 Å². The number of hydrogen-bond acceptors (Lipinski definition) is 4. The first-order chi connectivity index (χ1) is 15.0. The molecule has 1 aromatic heterocycles. The number of carbonyl (C=O) groups excluding carboxylic acids is 2. The van der Waals surface area contributed by atoms with Gasteiger partial charge in [0.1, 0.15) is 5.69 Å². The third kappa shape index (κ3) is 5.13. The fraction of sp³-hybridized carbons (Fsp3) is 0.792. The van der Waals surface area contributed by atoms with Crippen molar-refractivity contribution in [1.82, 2.24) is 20.0 Å². The Morgan fingerprint density at radius 3 is 2.61 bits per heavy atom. The second kappa shape index (κ2) is 9.72.